The second-order valence-electron chi connectivity index (χ2n) is 6.96. The number of aromatic nitrogens is 1. The van der Waals surface area contributed by atoms with E-state index in [1.807, 2.05) is 30.0 Å². The van der Waals surface area contributed by atoms with Gasteiger partial charge in [-0.2, -0.15) is 8.42 Å². The summed E-state index contributed by atoms with van der Waals surface area (Å²) in [5.74, 6) is 0.557. The van der Waals surface area contributed by atoms with Crippen LogP contribution in [0.15, 0.2) is 57.2 Å². The normalized spacial score (nSPS) is 11.6. The SMILES string of the molecule is Cc1cc2c(C)c(Cc3cccc(NS(=O)(=O)O)c3)c(=O)oc2cc1Oc1nccs1. The summed E-state index contributed by atoms with van der Waals surface area (Å²) >= 11 is 1.36. The number of benzene rings is 2. The fourth-order valence-electron chi connectivity index (χ4n) is 3.29. The Morgan fingerprint density at radius 2 is 2.03 bits per heavy atom. The van der Waals surface area contributed by atoms with E-state index in [0.717, 1.165) is 16.5 Å². The highest BCUT2D eigenvalue weighted by Crippen LogP contribution is 2.32. The third-order valence-electron chi connectivity index (χ3n) is 4.74. The Labute approximate surface area is 182 Å². The molecule has 31 heavy (non-hydrogen) atoms. The molecule has 0 spiro atoms. The van der Waals surface area contributed by atoms with Crippen LogP contribution >= 0.6 is 11.3 Å². The van der Waals surface area contributed by atoms with Crippen LogP contribution in [0.4, 0.5) is 5.69 Å². The third-order valence-corrected chi connectivity index (χ3v) is 5.89. The van der Waals surface area contributed by atoms with Gasteiger partial charge >= 0.3 is 15.9 Å². The third kappa shape index (κ3) is 4.76. The standard InChI is InChI=1S/C21H18N2O6S2/c1-12-8-16-13(2)17(10-14-4-3-5-15(9-14)23-31(25,26)27)20(24)28-19(16)11-18(12)29-21-22-6-7-30-21/h3-9,11,23H,10H2,1-2H3,(H,25,26,27). The number of nitrogens with zero attached hydrogens (tertiary/aromatic N) is 1. The lowest BCUT2D eigenvalue weighted by atomic mass is 9.98. The van der Waals surface area contributed by atoms with Crippen molar-refractivity contribution in [2.75, 3.05) is 4.72 Å². The van der Waals surface area contributed by atoms with Crippen molar-refractivity contribution in [3.63, 3.8) is 0 Å². The topological polar surface area (TPSA) is 119 Å². The average molecular weight is 459 g/mol. The van der Waals surface area contributed by atoms with Crippen molar-refractivity contribution in [2.45, 2.75) is 20.3 Å². The Kier molecular flexibility index (Phi) is 5.52. The van der Waals surface area contributed by atoms with E-state index in [4.69, 9.17) is 13.7 Å². The van der Waals surface area contributed by atoms with Gasteiger partial charge in [-0.05, 0) is 48.7 Å². The van der Waals surface area contributed by atoms with Crippen LogP contribution in [0.25, 0.3) is 11.0 Å². The molecule has 0 fully saturated rings. The molecule has 0 saturated carbocycles. The van der Waals surface area contributed by atoms with E-state index < -0.39 is 15.9 Å². The van der Waals surface area contributed by atoms with Gasteiger partial charge in [0, 0.05) is 35.0 Å². The molecule has 10 heteroatoms. The lowest BCUT2D eigenvalue weighted by molar-refractivity contribution is 0.472. The fourth-order valence-corrected chi connectivity index (χ4v) is 4.21. The van der Waals surface area contributed by atoms with E-state index in [1.54, 1.807) is 30.5 Å². The Bertz CT molecular complexity index is 1430. The van der Waals surface area contributed by atoms with Crippen LogP contribution in [0, 0.1) is 13.8 Å². The Morgan fingerprint density at radius 3 is 2.74 bits per heavy atom. The molecule has 0 amide bonds. The predicted molar refractivity (Wildman–Crippen MR) is 119 cm³/mol. The molecule has 2 aromatic heterocycles. The van der Waals surface area contributed by atoms with Gasteiger partial charge in [0.2, 0.25) is 0 Å². The second kappa shape index (κ2) is 8.14. The lowest BCUT2D eigenvalue weighted by Gasteiger charge is -2.12. The van der Waals surface area contributed by atoms with E-state index in [9.17, 15) is 13.2 Å². The van der Waals surface area contributed by atoms with E-state index in [1.165, 1.54) is 17.4 Å². The smallest absolute Gasteiger partial charge is 0.357 e. The summed E-state index contributed by atoms with van der Waals surface area (Å²) in [4.78, 5) is 16.8. The summed E-state index contributed by atoms with van der Waals surface area (Å²) in [7, 11) is -4.39. The van der Waals surface area contributed by atoms with Gasteiger partial charge in [0.05, 0.1) is 5.69 Å². The first-order valence-electron chi connectivity index (χ1n) is 9.18. The van der Waals surface area contributed by atoms with Crippen molar-refractivity contribution in [2.24, 2.45) is 0 Å². The van der Waals surface area contributed by atoms with E-state index in [-0.39, 0.29) is 12.1 Å². The molecule has 2 heterocycles. The van der Waals surface area contributed by atoms with Crippen LogP contribution in [-0.4, -0.2) is 18.0 Å². The molecule has 0 atom stereocenters. The molecule has 0 aliphatic rings. The molecule has 0 saturated heterocycles. The maximum atomic E-state index is 12.7. The molecule has 4 rings (SSSR count). The number of hydrogen-bond acceptors (Lipinski definition) is 7. The van der Waals surface area contributed by atoms with Crippen molar-refractivity contribution >= 4 is 38.3 Å². The van der Waals surface area contributed by atoms with Gasteiger partial charge in [-0.15, -0.1) is 0 Å². The van der Waals surface area contributed by atoms with Crippen molar-refractivity contribution in [3.05, 3.63) is 80.6 Å². The Morgan fingerprint density at radius 1 is 1.23 bits per heavy atom. The zero-order valence-electron chi connectivity index (χ0n) is 16.6. The maximum absolute atomic E-state index is 12.7. The van der Waals surface area contributed by atoms with Gasteiger partial charge in [-0.1, -0.05) is 23.5 Å². The molecule has 0 aliphatic heterocycles. The van der Waals surface area contributed by atoms with Crippen LogP contribution in [0.1, 0.15) is 22.3 Å². The van der Waals surface area contributed by atoms with Crippen molar-refractivity contribution < 1.29 is 22.1 Å². The van der Waals surface area contributed by atoms with Crippen molar-refractivity contribution in [1.29, 1.82) is 0 Å². The maximum Gasteiger partial charge on any atom is 0.357 e. The average Bonchev–Trinajstić information content (AvgIpc) is 3.19. The first-order valence-corrected chi connectivity index (χ1v) is 11.5. The largest absolute Gasteiger partial charge is 0.430 e. The number of fused-ring (bicyclic) bond motifs is 1. The number of nitrogens with one attached hydrogen (secondary N) is 1. The first-order chi connectivity index (χ1) is 14.7. The number of hydrogen-bond donors (Lipinski definition) is 2. The Hall–Kier alpha value is -3.21. The van der Waals surface area contributed by atoms with Crippen LogP contribution in [0.3, 0.4) is 0 Å². The highest BCUT2D eigenvalue weighted by atomic mass is 32.2. The molecule has 0 aliphatic carbocycles. The van der Waals surface area contributed by atoms with Gasteiger partial charge in [-0.25, -0.2) is 9.78 Å². The van der Waals surface area contributed by atoms with Gasteiger partial charge in [-0.3, -0.25) is 9.27 Å². The van der Waals surface area contributed by atoms with E-state index >= 15 is 0 Å². The summed E-state index contributed by atoms with van der Waals surface area (Å²) < 4.78 is 44.4. The molecule has 4 aromatic rings. The minimum absolute atomic E-state index is 0.197. The number of anilines is 1. The quantitative estimate of drug-likeness (QED) is 0.323. The Balaban J connectivity index is 1.71. The molecule has 0 bridgehead atoms. The van der Waals surface area contributed by atoms with E-state index in [0.29, 0.717) is 27.7 Å². The highest BCUT2D eigenvalue weighted by molar-refractivity contribution is 7.87. The number of ether oxygens (including phenoxy) is 1. The summed E-state index contributed by atoms with van der Waals surface area (Å²) in [5, 5.41) is 3.09. The van der Waals surface area contributed by atoms with E-state index in [2.05, 4.69) is 4.98 Å². The predicted octanol–water partition coefficient (Wildman–Crippen LogP) is 4.46. The summed E-state index contributed by atoms with van der Waals surface area (Å²) in [5.41, 5.74) is 2.90. The molecule has 0 unspecified atom stereocenters. The fraction of sp³-hybridized carbons (Fsp3) is 0.143. The monoisotopic (exact) mass is 458 g/mol. The van der Waals surface area contributed by atoms with Gasteiger partial charge in [0.15, 0.2) is 0 Å². The van der Waals surface area contributed by atoms with Crippen LogP contribution < -0.4 is 15.1 Å². The molecule has 0 radical (unpaired) electrons. The summed E-state index contributed by atoms with van der Waals surface area (Å²) in [6.45, 7) is 3.74. The zero-order valence-corrected chi connectivity index (χ0v) is 18.2. The number of thiazole rings is 1. The minimum Gasteiger partial charge on any atom is -0.430 e. The van der Waals surface area contributed by atoms with Gasteiger partial charge < -0.3 is 9.15 Å². The zero-order chi connectivity index (χ0) is 22.2. The first kappa shape index (κ1) is 21.0. The minimum atomic E-state index is -4.39. The molecule has 8 nitrogen and oxygen atoms in total. The molecule has 160 valence electrons. The van der Waals surface area contributed by atoms with Crippen molar-refractivity contribution in [3.8, 4) is 10.9 Å². The number of aryl methyl sites for hydroxylation is 2. The molecular weight excluding hydrogens is 440 g/mol. The lowest BCUT2D eigenvalue weighted by Crippen LogP contribution is -2.12. The van der Waals surface area contributed by atoms with Crippen molar-refractivity contribution in [1.82, 2.24) is 4.98 Å². The van der Waals surface area contributed by atoms with Crippen LogP contribution in [-0.2, 0) is 16.7 Å². The molecular formula is C21H18N2O6S2. The highest BCUT2D eigenvalue weighted by Gasteiger charge is 2.15. The molecule has 2 aromatic carbocycles. The number of rotatable bonds is 6. The van der Waals surface area contributed by atoms with Crippen LogP contribution in [0.5, 0.6) is 10.9 Å². The van der Waals surface area contributed by atoms with Gasteiger partial charge in [0.1, 0.15) is 11.3 Å². The summed E-state index contributed by atoms with van der Waals surface area (Å²) in [6.07, 6.45) is 1.88. The van der Waals surface area contributed by atoms with Crippen LogP contribution in [0.2, 0.25) is 0 Å². The van der Waals surface area contributed by atoms with Gasteiger partial charge in [0.25, 0.3) is 5.19 Å². The summed E-state index contributed by atoms with van der Waals surface area (Å²) in [6, 6.07) is 10.0. The second-order valence-corrected chi connectivity index (χ2v) is 8.97. The molecule has 2 N–H and O–H groups in total.